The fourth-order valence-electron chi connectivity index (χ4n) is 1.49. The van der Waals surface area contributed by atoms with Gasteiger partial charge in [-0.1, -0.05) is 0 Å². The van der Waals surface area contributed by atoms with E-state index < -0.39 is 37.1 Å². The molecule has 0 heterocycles. The second-order valence-electron chi connectivity index (χ2n) is 4.42. The van der Waals surface area contributed by atoms with Crippen LogP contribution in [0.1, 0.15) is 17.3 Å². The van der Waals surface area contributed by atoms with Gasteiger partial charge in [-0.05, 0) is 25.1 Å². The van der Waals surface area contributed by atoms with Crippen LogP contribution in [0.25, 0.3) is 0 Å². The van der Waals surface area contributed by atoms with Gasteiger partial charge in [0.2, 0.25) is 0 Å². The van der Waals surface area contributed by atoms with E-state index in [1.807, 2.05) is 0 Å². The van der Waals surface area contributed by atoms with Crippen LogP contribution in [0.3, 0.4) is 0 Å². The molecule has 0 aliphatic carbocycles. The van der Waals surface area contributed by atoms with E-state index in [2.05, 4.69) is 0 Å². The minimum Gasteiger partial charge on any atom is -0.462 e. The number of ether oxygens (including phenoxy) is 1. The molecule has 1 aromatic rings. The van der Waals surface area contributed by atoms with E-state index in [1.165, 1.54) is 12.1 Å². The summed E-state index contributed by atoms with van der Waals surface area (Å²) in [6, 6.07) is 3.61. The molecule has 0 unspecified atom stereocenters. The predicted molar refractivity (Wildman–Crippen MR) is 78.6 cm³/mol. The highest BCUT2D eigenvalue weighted by Gasteiger charge is 2.20. The summed E-state index contributed by atoms with van der Waals surface area (Å²) in [6.45, 7) is 1.74. The first-order chi connectivity index (χ1) is 9.57. The maximum absolute atomic E-state index is 12.1. The zero-order valence-corrected chi connectivity index (χ0v) is 13.3. The molecule has 1 rings (SSSR count). The lowest BCUT2D eigenvalue weighted by molar-refractivity contribution is 0.0527. The van der Waals surface area contributed by atoms with Crippen LogP contribution >= 0.6 is 0 Å². The van der Waals surface area contributed by atoms with Crippen LogP contribution in [0.5, 0.6) is 0 Å². The highest BCUT2D eigenvalue weighted by atomic mass is 32.2. The Morgan fingerprint density at radius 2 is 1.81 bits per heavy atom. The molecule has 0 bridgehead atoms. The number of nitrogens with two attached hydrogens (primary N) is 1. The van der Waals surface area contributed by atoms with Gasteiger partial charge in [0, 0.05) is 11.9 Å². The molecular weight excluding hydrogens is 318 g/mol. The van der Waals surface area contributed by atoms with Gasteiger partial charge >= 0.3 is 5.97 Å². The SMILES string of the molecule is CCOC(=O)c1cc(S(=O)(=O)CCS(C)(=O)=O)ccc1N. The van der Waals surface area contributed by atoms with E-state index >= 15 is 0 Å². The quantitative estimate of drug-likeness (QED) is 0.585. The Bertz CT molecular complexity index is 737. The average molecular weight is 335 g/mol. The average Bonchev–Trinajstić information content (AvgIpc) is 2.36. The van der Waals surface area contributed by atoms with Gasteiger partial charge in [0.05, 0.1) is 28.6 Å². The lowest BCUT2D eigenvalue weighted by atomic mass is 10.2. The Labute approximate surface area is 123 Å². The van der Waals surface area contributed by atoms with Crippen molar-refractivity contribution in [3.05, 3.63) is 23.8 Å². The molecule has 118 valence electrons. The van der Waals surface area contributed by atoms with Crippen molar-refractivity contribution in [2.75, 3.05) is 30.1 Å². The van der Waals surface area contributed by atoms with E-state index in [4.69, 9.17) is 10.5 Å². The first-order valence-electron chi connectivity index (χ1n) is 6.04. The van der Waals surface area contributed by atoms with Gasteiger partial charge in [-0.3, -0.25) is 0 Å². The summed E-state index contributed by atoms with van der Waals surface area (Å²) in [5, 5.41) is 0. The highest BCUT2D eigenvalue weighted by molar-refractivity contribution is 7.94. The van der Waals surface area contributed by atoms with Gasteiger partial charge in [0.25, 0.3) is 0 Å². The van der Waals surface area contributed by atoms with Crippen molar-refractivity contribution < 1.29 is 26.4 Å². The van der Waals surface area contributed by atoms with Crippen molar-refractivity contribution in [3.8, 4) is 0 Å². The Morgan fingerprint density at radius 3 is 2.33 bits per heavy atom. The van der Waals surface area contributed by atoms with Crippen LogP contribution < -0.4 is 5.73 Å². The number of nitrogen functional groups attached to an aromatic ring is 1. The van der Waals surface area contributed by atoms with Crippen LogP contribution in [0, 0.1) is 0 Å². The molecule has 0 aromatic heterocycles. The van der Waals surface area contributed by atoms with Crippen molar-refractivity contribution in [1.82, 2.24) is 0 Å². The summed E-state index contributed by atoms with van der Waals surface area (Å²) in [5.74, 6) is -1.78. The van der Waals surface area contributed by atoms with Gasteiger partial charge < -0.3 is 10.5 Å². The van der Waals surface area contributed by atoms with Crippen molar-refractivity contribution in [2.24, 2.45) is 0 Å². The van der Waals surface area contributed by atoms with Crippen LogP contribution in [0.4, 0.5) is 5.69 Å². The molecule has 0 fully saturated rings. The van der Waals surface area contributed by atoms with Crippen molar-refractivity contribution >= 4 is 31.3 Å². The van der Waals surface area contributed by atoms with Crippen molar-refractivity contribution in [2.45, 2.75) is 11.8 Å². The number of anilines is 1. The minimum absolute atomic E-state index is 0.0581. The summed E-state index contributed by atoms with van der Waals surface area (Å²) >= 11 is 0. The molecule has 0 aliphatic rings. The maximum atomic E-state index is 12.1. The maximum Gasteiger partial charge on any atom is 0.340 e. The molecule has 9 heteroatoms. The molecule has 0 aliphatic heterocycles. The Balaban J connectivity index is 3.14. The summed E-state index contributed by atoms with van der Waals surface area (Å²) in [5.41, 5.74) is 5.65. The predicted octanol–water partition coefficient (Wildman–Crippen LogP) is 0.264. The molecule has 0 saturated heterocycles. The van der Waals surface area contributed by atoms with Crippen LogP contribution in [-0.2, 0) is 24.4 Å². The number of esters is 1. The number of carbonyl (C=O) groups excluding carboxylic acids is 1. The molecule has 0 radical (unpaired) electrons. The van der Waals surface area contributed by atoms with Crippen LogP contribution in [0.2, 0.25) is 0 Å². The molecular formula is C12H17NO6S2. The van der Waals surface area contributed by atoms with E-state index in [-0.39, 0.29) is 22.8 Å². The Morgan fingerprint density at radius 1 is 1.19 bits per heavy atom. The monoisotopic (exact) mass is 335 g/mol. The Kier molecular flexibility index (Phi) is 5.35. The smallest absolute Gasteiger partial charge is 0.340 e. The van der Waals surface area contributed by atoms with E-state index in [0.717, 1.165) is 12.3 Å². The summed E-state index contributed by atoms with van der Waals surface area (Å²) in [4.78, 5) is 11.5. The Hall–Kier alpha value is -1.61. The standard InChI is InChI=1S/C12H17NO6S2/c1-3-19-12(14)10-8-9(4-5-11(10)13)21(17,18)7-6-20(2,15)16/h4-5,8H,3,6-7,13H2,1-2H3. The lowest BCUT2D eigenvalue weighted by Crippen LogP contribution is -2.17. The summed E-state index contributed by atoms with van der Waals surface area (Å²) < 4.78 is 51.0. The number of carbonyl (C=O) groups is 1. The second-order valence-corrected chi connectivity index (χ2v) is 8.79. The molecule has 0 atom stereocenters. The van der Waals surface area contributed by atoms with E-state index in [0.29, 0.717) is 0 Å². The highest BCUT2D eigenvalue weighted by Crippen LogP contribution is 2.20. The van der Waals surface area contributed by atoms with Crippen molar-refractivity contribution in [1.29, 1.82) is 0 Å². The van der Waals surface area contributed by atoms with E-state index in [9.17, 15) is 21.6 Å². The number of hydrogen-bond donors (Lipinski definition) is 1. The van der Waals surface area contributed by atoms with Gasteiger partial charge in [0.15, 0.2) is 9.84 Å². The zero-order valence-electron chi connectivity index (χ0n) is 11.7. The van der Waals surface area contributed by atoms with Crippen LogP contribution in [0.15, 0.2) is 23.1 Å². The third-order valence-corrected chi connectivity index (χ3v) is 5.52. The molecule has 0 saturated carbocycles. The van der Waals surface area contributed by atoms with Crippen LogP contribution in [-0.4, -0.2) is 47.2 Å². The fraction of sp³-hybridized carbons (Fsp3) is 0.417. The second kappa shape index (κ2) is 6.44. The van der Waals surface area contributed by atoms with E-state index in [1.54, 1.807) is 6.92 Å². The molecule has 21 heavy (non-hydrogen) atoms. The lowest BCUT2D eigenvalue weighted by Gasteiger charge is -2.09. The number of rotatable bonds is 6. The number of benzene rings is 1. The molecule has 1 aromatic carbocycles. The fourth-order valence-corrected chi connectivity index (χ4v) is 4.39. The summed E-state index contributed by atoms with van der Waals surface area (Å²) in [7, 11) is -7.23. The molecule has 0 spiro atoms. The third kappa shape index (κ3) is 5.01. The molecule has 0 amide bonds. The first-order valence-corrected chi connectivity index (χ1v) is 9.75. The topological polar surface area (TPSA) is 121 Å². The zero-order chi connectivity index (χ0) is 16.3. The van der Waals surface area contributed by atoms with Gasteiger partial charge in [-0.2, -0.15) is 0 Å². The van der Waals surface area contributed by atoms with Gasteiger partial charge in [-0.25, -0.2) is 21.6 Å². The third-order valence-electron chi connectivity index (χ3n) is 2.60. The molecule has 7 nitrogen and oxygen atoms in total. The van der Waals surface area contributed by atoms with Gasteiger partial charge in [-0.15, -0.1) is 0 Å². The number of sulfone groups is 2. The normalized spacial score (nSPS) is 12.1. The van der Waals surface area contributed by atoms with Gasteiger partial charge in [0.1, 0.15) is 9.84 Å². The number of hydrogen-bond acceptors (Lipinski definition) is 7. The summed E-state index contributed by atoms with van der Waals surface area (Å²) in [6.07, 6.45) is 0.954. The minimum atomic E-state index is -3.82. The molecule has 2 N–H and O–H groups in total. The largest absolute Gasteiger partial charge is 0.462 e. The first kappa shape index (κ1) is 17.4. The van der Waals surface area contributed by atoms with Crippen molar-refractivity contribution in [3.63, 3.8) is 0 Å².